The number of carbonyl (C=O) groups excluding carboxylic acids is 1. The van der Waals surface area contributed by atoms with Gasteiger partial charge in [0.05, 0.1) is 13.2 Å². The summed E-state index contributed by atoms with van der Waals surface area (Å²) in [5, 5.41) is 11.7. The molecule has 0 atom stereocenters. The van der Waals surface area contributed by atoms with Gasteiger partial charge in [0.2, 0.25) is 5.91 Å². The average molecular weight is 335 g/mol. The van der Waals surface area contributed by atoms with Gasteiger partial charge < -0.3 is 20.1 Å². The number of rotatable bonds is 8. The van der Waals surface area contributed by atoms with Crippen LogP contribution in [0.2, 0.25) is 0 Å². The molecule has 0 bridgehead atoms. The second-order valence-corrected chi connectivity index (χ2v) is 6.64. The van der Waals surface area contributed by atoms with E-state index in [2.05, 4.69) is 34.4 Å². The van der Waals surface area contributed by atoms with Crippen LogP contribution >= 0.6 is 0 Å². The van der Waals surface area contributed by atoms with Gasteiger partial charge in [-0.3, -0.25) is 4.79 Å². The van der Waals surface area contributed by atoms with Gasteiger partial charge in [-0.05, 0) is 50.2 Å². The number of amides is 1. The van der Waals surface area contributed by atoms with Crippen molar-refractivity contribution >= 4 is 11.7 Å². The Balaban J connectivity index is 1.68. The van der Waals surface area contributed by atoms with Gasteiger partial charge in [-0.1, -0.05) is 6.07 Å². The van der Waals surface area contributed by atoms with Crippen molar-refractivity contribution in [3.05, 3.63) is 23.9 Å². The normalized spacial score (nSPS) is 20.6. The Bertz CT molecular complexity index is 499. The number of ether oxygens (including phenoxy) is 1. The fourth-order valence-electron chi connectivity index (χ4n) is 3.15. The van der Waals surface area contributed by atoms with Gasteiger partial charge in [-0.2, -0.15) is 0 Å². The van der Waals surface area contributed by atoms with Crippen molar-refractivity contribution in [3.63, 3.8) is 0 Å². The van der Waals surface area contributed by atoms with Crippen LogP contribution in [0.1, 0.15) is 31.2 Å². The van der Waals surface area contributed by atoms with Crippen LogP contribution in [0.4, 0.5) is 5.82 Å². The Labute approximate surface area is 144 Å². The highest BCUT2D eigenvalue weighted by molar-refractivity contribution is 5.77. The molecule has 0 radical (unpaired) electrons. The maximum Gasteiger partial charge on any atom is 0.246 e. The summed E-state index contributed by atoms with van der Waals surface area (Å²) in [6, 6.07) is 4.40. The number of aliphatic hydroxyl groups is 1. The number of pyridine rings is 1. The molecule has 0 spiro atoms. The lowest BCUT2D eigenvalue weighted by Gasteiger charge is -2.32. The van der Waals surface area contributed by atoms with Gasteiger partial charge in [-0.25, -0.2) is 4.98 Å². The molecule has 6 nitrogen and oxygen atoms in total. The lowest BCUT2D eigenvalue weighted by molar-refractivity contribution is -0.127. The average Bonchev–Trinajstić information content (AvgIpc) is 2.57. The van der Waals surface area contributed by atoms with Gasteiger partial charge in [-0.15, -0.1) is 0 Å². The number of nitrogens with zero attached hydrogens (tertiary/aromatic N) is 2. The second-order valence-electron chi connectivity index (χ2n) is 6.64. The number of carbonyl (C=O) groups is 1. The first kappa shape index (κ1) is 18.7. The maximum atomic E-state index is 11.7. The van der Waals surface area contributed by atoms with E-state index in [-0.39, 0.29) is 31.8 Å². The Morgan fingerprint density at radius 3 is 2.75 bits per heavy atom. The molecule has 0 aromatic carbocycles. The molecular weight excluding hydrogens is 306 g/mol. The molecule has 2 N–H and O–H groups in total. The summed E-state index contributed by atoms with van der Waals surface area (Å²) < 4.78 is 5.04. The highest BCUT2D eigenvalue weighted by atomic mass is 16.5. The third kappa shape index (κ3) is 6.09. The molecule has 1 fully saturated rings. The number of aromatic nitrogens is 1. The van der Waals surface area contributed by atoms with Crippen molar-refractivity contribution in [2.24, 2.45) is 5.92 Å². The minimum Gasteiger partial charge on any atom is -0.394 e. The molecule has 1 aliphatic carbocycles. The van der Waals surface area contributed by atoms with E-state index in [4.69, 9.17) is 9.84 Å². The van der Waals surface area contributed by atoms with E-state index in [1.807, 2.05) is 13.1 Å². The molecule has 1 saturated carbocycles. The minimum atomic E-state index is -0.0899. The van der Waals surface area contributed by atoms with E-state index in [9.17, 15) is 4.79 Å². The summed E-state index contributed by atoms with van der Waals surface area (Å²) in [5.41, 5.74) is 1.17. The molecular formula is C18H29N3O3. The Morgan fingerprint density at radius 1 is 1.38 bits per heavy atom. The van der Waals surface area contributed by atoms with Gasteiger partial charge in [0.1, 0.15) is 12.4 Å². The van der Waals surface area contributed by atoms with Crippen molar-refractivity contribution in [2.45, 2.75) is 38.6 Å². The van der Waals surface area contributed by atoms with E-state index < -0.39 is 0 Å². The highest BCUT2D eigenvalue weighted by Crippen LogP contribution is 2.26. The molecule has 1 aliphatic rings. The van der Waals surface area contributed by atoms with Crippen molar-refractivity contribution in [3.8, 4) is 0 Å². The fraction of sp³-hybridized carbons (Fsp3) is 0.667. The Morgan fingerprint density at radius 2 is 2.12 bits per heavy atom. The van der Waals surface area contributed by atoms with Crippen LogP contribution in [0.3, 0.4) is 0 Å². The van der Waals surface area contributed by atoms with Crippen LogP contribution in [-0.4, -0.2) is 55.5 Å². The van der Waals surface area contributed by atoms with E-state index in [0.29, 0.717) is 5.92 Å². The number of anilines is 1. The zero-order chi connectivity index (χ0) is 17.4. The zero-order valence-electron chi connectivity index (χ0n) is 14.7. The van der Waals surface area contributed by atoms with E-state index in [1.165, 1.54) is 5.56 Å². The summed E-state index contributed by atoms with van der Waals surface area (Å²) in [4.78, 5) is 18.4. The smallest absolute Gasteiger partial charge is 0.246 e. The summed E-state index contributed by atoms with van der Waals surface area (Å²) in [7, 11) is 2.09. The molecule has 1 amide bonds. The molecule has 0 saturated heterocycles. The molecule has 1 heterocycles. The molecule has 134 valence electrons. The van der Waals surface area contributed by atoms with E-state index >= 15 is 0 Å². The first-order valence-corrected chi connectivity index (χ1v) is 8.70. The predicted octanol–water partition coefficient (Wildman–Crippen LogP) is 1.51. The van der Waals surface area contributed by atoms with Gasteiger partial charge in [0, 0.05) is 25.8 Å². The van der Waals surface area contributed by atoms with Crippen molar-refractivity contribution in [1.82, 2.24) is 10.3 Å². The topological polar surface area (TPSA) is 74.7 Å². The molecule has 2 rings (SSSR count). The SMILES string of the molecule is Cc1ccc(N(C)CC2CCC(NC(=O)COCCO)CC2)nc1. The van der Waals surface area contributed by atoms with Crippen LogP contribution in [0, 0.1) is 12.8 Å². The summed E-state index contributed by atoms with van der Waals surface area (Å²) in [5.74, 6) is 1.56. The summed E-state index contributed by atoms with van der Waals surface area (Å²) in [6.07, 6.45) is 6.13. The predicted molar refractivity (Wildman–Crippen MR) is 94.0 cm³/mol. The highest BCUT2D eigenvalue weighted by Gasteiger charge is 2.23. The summed E-state index contributed by atoms with van der Waals surface area (Å²) >= 11 is 0. The van der Waals surface area contributed by atoms with Crippen molar-refractivity contribution in [2.75, 3.05) is 38.3 Å². The van der Waals surface area contributed by atoms with Crippen LogP contribution in [0.15, 0.2) is 18.3 Å². The Hall–Kier alpha value is -1.66. The lowest BCUT2D eigenvalue weighted by Crippen LogP contribution is -2.41. The third-order valence-electron chi connectivity index (χ3n) is 4.50. The molecule has 24 heavy (non-hydrogen) atoms. The standard InChI is InChI=1S/C18H29N3O3/c1-14-3-8-17(19-11-14)21(2)12-15-4-6-16(7-5-15)20-18(23)13-24-10-9-22/h3,8,11,15-16,22H,4-7,9-10,12-13H2,1-2H3,(H,20,23). The minimum absolute atomic E-state index is 0.0301. The number of aliphatic hydroxyl groups excluding tert-OH is 1. The fourth-order valence-corrected chi connectivity index (χ4v) is 3.15. The van der Waals surface area contributed by atoms with E-state index in [1.54, 1.807) is 0 Å². The van der Waals surface area contributed by atoms with E-state index in [0.717, 1.165) is 38.0 Å². The number of hydrogen-bond donors (Lipinski definition) is 2. The van der Waals surface area contributed by atoms with Crippen LogP contribution in [-0.2, 0) is 9.53 Å². The molecule has 1 aromatic heterocycles. The first-order valence-electron chi connectivity index (χ1n) is 8.70. The number of aryl methyl sites for hydroxylation is 1. The monoisotopic (exact) mass is 335 g/mol. The zero-order valence-corrected chi connectivity index (χ0v) is 14.7. The van der Waals surface area contributed by atoms with Crippen LogP contribution in [0.25, 0.3) is 0 Å². The van der Waals surface area contributed by atoms with Crippen molar-refractivity contribution < 1.29 is 14.6 Å². The van der Waals surface area contributed by atoms with Gasteiger partial charge >= 0.3 is 0 Å². The second kappa shape index (κ2) is 9.59. The van der Waals surface area contributed by atoms with Crippen molar-refractivity contribution in [1.29, 1.82) is 0 Å². The third-order valence-corrected chi connectivity index (χ3v) is 4.50. The quantitative estimate of drug-likeness (QED) is 0.705. The molecule has 1 aromatic rings. The maximum absolute atomic E-state index is 11.7. The van der Waals surface area contributed by atoms with Crippen LogP contribution in [0.5, 0.6) is 0 Å². The lowest BCUT2D eigenvalue weighted by atomic mass is 9.85. The number of nitrogens with one attached hydrogen (secondary N) is 1. The Kier molecular flexibility index (Phi) is 7.46. The first-order chi connectivity index (χ1) is 11.6. The van der Waals surface area contributed by atoms with Gasteiger partial charge in [0.25, 0.3) is 0 Å². The van der Waals surface area contributed by atoms with Gasteiger partial charge in [0.15, 0.2) is 0 Å². The molecule has 0 unspecified atom stereocenters. The molecule has 0 aliphatic heterocycles. The largest absolute Gasteiger partial charge is 0.394 e. The van der Waals surface area contributed by atoms with Crippen LogP contribution < -0.4 is 10.2 Å². The number of hydrogen-bond acceptors (Lipinski definition) is 5. The molecule has 6 heteroatoms. The summed E-state index contributed by atoms with van der Waals surface area (Å²) in [6.45, 7) is 3.22.